The molecular formula is C8H12N6O3S. The van der Waals surface area contributed by atoms with Gasteiger partial charge in [-0.1, -0.05) is 0 Å². The van der Waals surface area contributed by atoms with Gasteiger partial charge in [-0.25, -0.2) is 18.2 Å². The van der Waals surface area contributed by atoms with Crippen molar-refractivity contribution >= 4 is 16.0 Å². The van der Waals surface area contributed by atoms with Gasteiger partial charge in [-0.3, -0.25) is 4.68 Å². The van der Waals surface area contributed by atoms with Gasteiger partial charge in [0.25, 0.3) is 10.0 Å². The van der Waals surface area contributed by atoms with Crippen LogP contribution in [0.25, 0.3) is 0 Å². The van der Waals surface area contributed by atoms with Gasteiger partial charge in [-0.15, -0.1) is 5.10 Å². The maximum atomic E-state index is 11.9. The van der Waals surface area contributed by atoms with Gasteiger partial charge in [0, 0.05) is 13.2 Å². The van der Waals surface area contributed by atoms with Crippen LogP contribution in [0.3, 0.4) is 0 Å². The van der Waals surface area contributed by atoms with Crippen LogP contribution in [0.2, 0.25) is 0 Å². The zero-order valence-electron chi connectivity index (χ0n) is 9.78. The molecule has 98 valence electrons. The molecule has 2 heterocycles. The second-order valence-electron chi connectivity index (χ2n) is 3.35. The maximum Gasteiger partial charge on any atom is 0.337 e. The topological polar surface area (TPSA) is 115 Å². The Labute approximate surface area is 103 Å². The Morgan fingerprint density at radius 3 is 2.94 bits per heavy atom. The van der Waals surface area contributed by atoms with Crippen molar-refractivity contribution in [1.82, 2.24) is 25.0 Å². The van der Waals surface area contributed by atoms with Gasteiger partial charge in [0.1, 0.15) is 4.90 Å². The van der Waals surface area contributed by atoms with Gasteiger partial charge < -0.3 is 4.74 Å². The van der Waals surface area contributed by atoms with E-state index in [9.17, 15) is 8.42 Å². The average molecular weight is 272 g/mol. The minimum atomic E-state index is -3.72. The quantitative estimate of drug-likeness (QED) is 0.774. The number of H-pyrrole nitrogens is 1. The van der Waals surface area contributed by atoms with Crippen LogP contribution in [0.1, 0.15) is 6.92 Å². The van der Waals surface area contributed by atoms with Gasteiger partial charge in [0.15, 0.2) is 0 Å². The number of aryl methyl sites for hydroxylation is 1. The van der Waals surface area contributed by atoms with Crippen LogP contribution in [0, 0.1) is 0 Å². The van der Waals surface area contributed by atoms with Gasteiger partial charge in [0.05, 0.1) is 12.8 Å². The van der Waals surface area contributed by atoms with E-state index >= 15 is 0 Å². The standard InChI is InChI=1S/C8H12N6O3S/c1-3-17-8-10-7(11-12-8)13-18(15,16)6-4-9-14(2)5-6/h4-5H,3H2,1-2H3,(H2,10,11,12,13). The number of rotatable bonds is 5. The molecule has 2 N–H and O–H groups in total. The summed E-state index contributed by atoms with van der Waals surface area (Å²) in [7, 11) is -2.09. The summed E-state index contributed by atoms with van der Waals surface area (Å²) in [6.45, 7) is 2.17. The van der Waals surface area contributed by atoms with Crippen molar-refractivity contribution in [3.05, 3.63) is 12.4 Å². The Hall–Kier alpha value is -2.10. The molecule has 2 aromatic rings. The lowest BCUT2D eigenvalue weighted by atomic mass is 10.7. The van der Waals surface area contributed by atoms with Gasteiger partial charge in [0.2, 0.25) is 5.95 Å². The largest absolute Gasteiger partial charge is 0.463 e. The summed E-state index contributed by atoms with van der Waals surface area (Å²) in [5.74, 6) is -0.0118. The van der Waals surface area contributed by atoms with Gasteiger partial charge >= 0.3 is 6.01 Å². The van der Waals surface area contributed by atoms with E-state index < -0.39 is 10.0 Å². The average Bonchev–Trinajstić information content (AvgIpc) is 2.88. The first-order chi connectivity index (χ1) is 8.51. The molecule has 0 atom stereocenters. The van der Waals surface area contributed by atoms with E-state index in [0.717, 1.165) is 0 Å². The SMILES string of the molecule is CCOc1n[nH]c(NS(=O)(=O)c2cnn(C)c2)n1. The number of ether oxygens (including phenoxy) is 1. The molecule has 0 bridgehead atoms. The Kier molecular flexibility index (Phi) is 3.19. The fraction of sp³-hybridized carbons (Fsp3) is 0.375. The highest BCUT2D eigenvalue weighted by molar-refractivity contribution is 7.92. The molecule has 10 heteroatoms. The van der Waals surface area contributed by atoms with Crippen LogP contribution in [0.4, 0.5) is 5.95 Å². The zero-order chi connectivity index (χ0) is 13.2. The predicted octanol–water partition coefficient (Wildman–Crippen LogP) is -0.262. The molecule has 0 fully saturated rings. The van der Waals surface area contributed by atoms with E-state index in [0.29, 0.717) is 6.61 Å². The Morgan fingerprint density at radius 1 is 1.56 bits per heavy atom. The summed E-state index contributed by atoms with van der Waals surface area (Å²) in [6.07, 6.45) is 2.62. The zero-order valence-corrected chi connectivity index (χ0v) is 10.6. The predicted molar refractivity (Wildman–Crippen MR) is 61.6 cm³/mol. The van der Waals surface area contributed by atoms with Crippen molar-refractivity contribution in [2.75, 3.05) is 11.3 Å². The molecule has 2 aromatic heterocycles. The van der Waals surface area contributed by atoms with Crippen LogP contribution >= 0.6 is 0 Å². The lowest BCUT2D eigenvalue weighted by molar-refractivity contribution is 0.314. The minimum Gasteiger partial charge on any atom is -0.463 e. The van der Waals surface area contributed by atoms with Crippen LogP contribution < -0.4 is 9.46 Å². The molecular weight excluding hydrogens is 260 g/mol. The summed E-state index contributed by atoms with van der Waals surface area (Å²) in [5, 5.41) is 9.89. The molecule has 0 aliphatic heterocycles. The summed E-state index contributed by atoms with van der Waals surface area (Å²) < 4.78 is 32.4. The molecule has 0 aliphatic rings. The summed E-state index contributed by atoms with van der Waals surface area (Å²) >= 11 is 0. The third-order valence-corrected chi connectivity index (χ3v) is 3.25. The van der Waals surface area contributed by atoms with Crippen molar-refractivity contribution in [1.29, 1.82) is 0 Å². The third-order valence-electron chi connectivity index (χ3n) is 1.96. The van der Waals surface area contributed by atoms with Crippen molar-refractivity contribution < 1.29 is 13.2 Å². The third kappa shape index (κ3) is 2.59. The fourth-order valence-corrected chi connectivity index (χ4v) is 2.15. The first-order valence-electron chi connectivity index (χ1n) is 5.08. The summed E-state index contributed by atoms with van der Waals surface area (Å²) in [4.78, 5) is 3.85. The Morgan fingerprint density at radius 2 is 2.33 bits per heavy atom. The molecule has 0 saturated heterocycles. The second-order valence-corrected chi connectivity index (χ2v) is 5.04. The number of nitrogens with zero attached hydrogens (tertiary/aromatic N) is 4. The monoisotopic (exact) mass is 272 g/mol. The van der Waals surface area contributed by atoms with E-state index in [-0.39, 0.29) is 16.9 Å². The van der Waals surface area contributed by atoms with E-state index in [2.05, 4.69) is 25.0 Å². The molecule has 0 amide bonds. The van der Waals surface area contributed by atoms with E-state index in [4.69, 9.17) is 4.74 Å². The molecule has 0 aliphatic carbocycles. The maximum absolute atomic E-state index is 11.9. The van der Waals surface area contributed by atoms with E-state index in [1.807, 2.05) is 0 Å². The van der Waals surface area contributed by atoms with Gasteiger partial charge in [-0.05, 0) is 6.92 Å². The first kappa shape index (κ1) is 12.4. The number of aromatic nitrogens is 5. The van der Waals surface area contributed by atoms with Gasteiger partial charge in [-0.2, -0.15) is 10.1 Å². The minimum absolute atomic E-state index is 0.0118. The lowest BCUT2D eigenvalue weighted by Crippen LogP contribution is -2.13. The number of hydrogen-bond donors (Lipinski definition) is 2. The van der Waals surface area contributed by atoms with E-state index in [1.165, 1.54) is 17.1 Å². The van der Waals surface area contributed by atoms with Crippen LogP contribution in [0.15, 0.2) is 17.3 Å². The Bertz CT molecular complexity index is 631. The van der Waals surface area contributed by atoms with E-state index in [1.54, 1.807) is 14.0 Å². The van der Waals surface area contributed by atoms with Crippen LogP contribution in [-0.4, -0.2) is 40.0 Å². The molecule has 2 rings (SSSR count). The van der Waals surface area contributed by atoms with Crippen molar-refractivity contribution in [3.63, 3.8) is 0 Å². The number of anilines is 1. The van der Waals surface area contributed by atoms with Crippen molar-refractivity contribution in [2.24, 2.45) is 7.05 Å². The lowest BCUT2D eigenvalue weighted by Gasteiger charge is -2.00. The number of nitrogens with one attached hydrogen (secondary N) is 2. The van der Waals surface area contributed by atoms with Crippen molar-refractivity contribution in [3.8, 4) is 6.01 Å². The van der Waals surface area contributed by atoms with Crippen LogP contribution in [-0.2, 0) is 17.1 Å². The highest BCUT2D eigenvalue weighted by Gasteiger charge is 2.18. The molecule has 0 saturated carbocycles. The normalized spacial score (nSPS) is 11.4. The molecule has 0 aromatic carbocycles. The number of sulfonamides is 1. The smallest absolute Gasteiger partial charge is 0.337 e. The Balaban J connectivity index is 2.17. The molecule has 0 unspecified atom stereocenters. The summed E-state index contributed by atoms with van der Waals surface area (Å²) in [6, 6.07) is 0.0846. The first-order valence-corrected chi connectivity index (χ1v) is 6.56. The number of hydrogen-bond acceptors (Lipinski definition) is 6. The highest BCUT2D eigenvalue weighted by atomic mass is 32.2. The molecule has 0 spiro atoms. The molecule has 18 heavy (non-hydrogen) atoms. The van der Waals surface area contributed by atoms with Crippen LogP contribution in [0.5, 0.6) is 6.01 Å². The second kappa shape index (κ2) is 4.64. The highest BCUT2D eigenvalue weighted by Crippen LogP contribution is 2.13. The number of aromatic amines is 1. The fourth-order valence-electron chi connectivity index (χ4n) is 1.21. The summed E-state index contributed by atoms with van der Waals surface area (Å²) in [5.41, 5.74) is 0. The van der Waals surface area contributed by atoms with Crippen molar-refractivity contribution in [2.45, 2.75) is 11.8 Å². The molecule has 9 nitrogen and oxygen atoms in total. The molecule has 0 radical (unpaired) electrons.